The van der Waals surface area contributed by atoms with Crippen LogP contribution in [0.1, 0.15) is 30.7 Å². The van der Waals surface area contributed by atoms with Crippen LogP contribution in [0.4, 0.5) is 0 Å². The molecule has 1 aromatic heterocycles. The van der Waals surface area contributed by atoms with Crippen molar-refractivity contribution in [2.24, 2.45) is 10.9 Å². The van der Waals surface area contributed by atoms with Gasteiger partial charge in [-0.15, -0.1) is 0 Å². The van der Waals surface area contributed by atoms with Gasteiger partial charge in [0, 0.05) is 30.1 Å². The average molecular weight is 238 g/mol. The van der Waals surface area contributed by atoms with Gasteiger partial charge >= 0.3 is 0 Å². The standard InChI is InChI=1S/C12H18N2O3/c1-8(2)4-13-6-11-10(7-17-16)5-14-9(3)12(11)15/h5-6,8,15-16H,4,7H2,1-3H3/b13-6+. The summed E-state index contributed by atoms with van der Waals surface area (Å²) in [6.45, 7) is 6.49. The Morgan fingerprint density at radius 1 is 1.53 bits per heavy atom. The summed E-state index contributed by atoms with van der Waals surface area (Å²) in [5, 5.41) is 18.3. The van der Waals surface area contributed by atoms with Gasteiger partial charge in [-0.3, -0.25) is 15.2 Å². The van der Waals surface area contributed by atoms with E-state index in [2.05, 4.69) is 28.7 Å². The number of pyridine rings is 1. The van der Waals surface area contributed by atoms with E-state index >= 15 is 0 Å². The molecule has 1 rings (SSSR count). The van der Waals surface area contributed by atoms with Crippen molar-refractivity contribution in [1.82, 2.24) is 4.98 Å². The van der Waals surface area contributed by atoms with E-state index < -0.39 is 0 Å². The number of aryl methyl sites for hydroxylation is 1. The third kappa shape index (κ3) is 3.80. The molecule has 0 aromatic carbocycles. The zero-order chi connectivity index (χ0) is 12.8. The summed E-state index contributed by atoms with van der Waals surface area (Å²) >= 11 is 0. The van der Waals surface area contributed by atoms with Gasteiger partial charge in [0.15, 0.2) is 0 Å². The molecule has 0 bridgehead atoms. The summed E-state index contributed by atoms with van der Waals surface area (Å²) in [4.78, 5) is 12.3. The van der Waals surface area contributed by atoms with E-state index in [1.807, 2.05) is 0 Å². The van der Waals surface area contributed by atoms with E-state index in [9.17, 15) is 5.11 Å². The van der Waals surface area contributed by atoms with E-state index in [0.29, 0.717) is 29.3 Å². The minimum atomic E-state index is -0.0239. The van der Waals surface area contributed by atoms with Gasteiger partial charge in [-0.1, -0.05) is 13.8 Å². The normalized spacial score (nSPS) is 11.6. The SMILES string of the molecule is Cc1ncc(COO)c(/C=N/CC(C)C)c1O. The van der Waals surface area contributed by atoms with Crippen LogP contribution in [0.3, 0.4) is 0 Å². The Balaban J connectivity index is 3.01. The van der Waals surface area contributed by atoms with Crippen LogP contribution in [0.2, 0.25) is 0 Å². The second kappa shape index (κ2) is 6.32. The lowest BCUT2D eigenvalue weighted by atomic mass is 10.1. The summed E-state index contributed by atoms with van der Waals surface area (Å²) < 4.78 is 0. The molecular formula is C12H18N2O3. The topological polar surface area (TPSA) is 74.9 Å². The molecule has 1 heterocycles. The Morgan fingerprint density at radius 2 is 2.24 bits per heavy atom. The molecule has 0 amide bonds. The van der Waals surface area contributed by atoms with Gasteiger partial charge in [0.05, 0.1) is 5.69 Å². The van der Waals surface area contributed by atoms with Crippen LogP contribution < -0.4 is 0 Å². The van der Waals surface area contributed by atoms with Crippen LogP contribution in [0.25, 0.3) is 0 Å². The largest absolute Gasteiger partial charge is 0.505 e. The molecule has 0 fully saturated rings. The Labute approximate surface area is 101 Å². The quantitative estimate of drug-likeness (QED) is 0.468. The number of aliphatic imine (C=N–C) groups is 1. The molecular weight excluding hydrogens is 220 g/mol. The first-order chi connectivity index (χ1) is 8.06. The molecule has 1 aromatic rings. The maximum atomic E-state index is 9.88. The van der Waals surface area contributed by atoms with Crippen molar-refractivity contribution < 1.29 is 15.3 Å². The number of aromatic hydroxyl groups is 1. The monoisotopic (exact) mass is 238 g/mol. The fourth-order valence-electron chi connectivity index (χ4n) is 1.34. The van der Waals surface area contributed by atoms with Gasteiger partial charge in [-0.05, 0) is 12.8 Å². The van der Waals surface area contributed by atoms with E-state index in [0.717, 1.165) is 0 Å². The second-order valence-corrected chi connectivity index (χ2v) is 4.29. The van der Waals surface area contributed by atoms with Crippen molar-refractivity contribution >= 4 is 6.21 Å². The zero-order valence-electron chi connectivity index (χ0n) is 10.3. The maximum absolute atomic E-state index is 9.88. The highest BCUT2D eigenvalue weighted by atomic mass is 17.1. The van der Waals surface area contributed by atoms with Gasteiger partial charge < -0.3 is 5.11 Å². The van der Waals surface area contributed by atoms with Crippen LogP contribution in [-0.4, -0.2) is 28.1 Å². The van der Waals surface area contributed by atoms with E-state index in [1.165, 1.54) is 0 Å². The van der Waals surface area contributed by atoms with Crippen molar-refractivity contribution in [3.05, 3.63) is 23.0 Å². The van der Waals surface area contributed by atoms with E-state index in [4.69, 9.17) is 5.26 Å². The third-order valence-electron chi connectivity index (χ3n) is 2.27. The fourth-order valence-corrected chi connectivity index (χ4v) is 1.34. The number of nitrogens with zero attached hydrogens (tertiary/aromatic N) is 2. The molecule has 0 aliphatic carbocycles. The molecule has 94 valence electrons. The summed E-state index contributed by atoms with van der Waals surface area (Å²) in [7, 11) is 0. The first kappa shape index (κ1) is 13.6. The van der Waals surface area contributed by atoms with Crippen LogP contribution >= 0.6 is 0 Å². The van der Waals surface area contributed by atoms with Crippen LogP contribution in [0.15, 0.2) is 11.2 Å². The van der Waals surface area contributed by atoms with Crippen LogP contribution in [0.5, 0.6) is 5.75 Å². The van der Waals surface area contributed by atoms with Crippen molar-refractivity contribution in [2.75, 3.05) is 6.54 Å². The Bertz CT molecular complexity index is 403. The van der Waals surface area contributed by atoms with Crippen molar-refractivity contribution in [3.63, 3.8) is 0 Å². The summed E-state index contributed by atoms with van der Waals surface area (Å²) in [6.07, 6.45) is 3.15. The highest BCUT2D eigenvalue weighted by Crippen LogP contribution is 2.22. The molecule has 0 atom stereocenters. The van der Waals surface area contributed by atoms with Gasteiger partial charge in [-0.25, -0.2) is 4.89 Å². The summed E-state index contributed by atoms with van der Waals surface area (Å²) in [5.74, 6) is 0.529. The maximum Gasteiger partial charge on any atom is 0.145 e. The lowest BCUT2D eigenvalue weighted by molar-refractivity contribution is -0.253. The Morgan fingerprint density at radius 3 is 2.82 bits per heavy atom. The first-order valence-electron chi connectivity index (χ1n) is 5.49. The lowest BCUT2D eigenvalue weighted by Gasteiger charge is -2.08. The molecule has 5 nitrogen and oxygen atoms in total. The van der Waals surface area contributed by atoms with Crippen molar-refractivity contribution in [2.45, 2.75) is 27.4 Å². The molecule has 0 unspecified atom stereocenters. The third-order valence-corrected chi connectivity index (χ3v) is 2.27. The fraction of sp³-hybridized carbons (Fsp3) is 0.500. The number of aromatic nitrogens is 1. The average Bonchev–Trinajstić information content (AvgIpc) is 2.27. The summed E-state index contributed by atoms with van der Waals surface area (Å²) in [6, 6.07) is 0. The molecule has 0 saturated heterocycles. The second-order valence-electron chi connectivity index (χ2n) is 4.29. The molecule has 0 saturated carbocycles. The molecule has 0 aliphatic heterocycles. The number of rotatable bonds is 5. The first-order valence-corrected chi connectivity index (χ1v) is 5.49. The highest BCUT2D eigenvalue weighted by molar-refractivity contribution is 5.85. The van der Waals surface area contributed by atoms with Gasteiger partial charge in [-0.2, -0.15) is 0 Å². The molecule has 2 N–H and O–H groups in total. The predicted octanol–water partition coefficient (Wildman–Crippen LogP) is 2.16. The smallest absolute Gasteiger partial charge is 0.145 e. The van der Waals surface area contributed by atoms with Crippen molar-refractivity contribution in [1.29, 1.82) is 0 Å². The van der Waals surface area contributed by atoms with Gasteiger partial charge in [0.2, 0.25) is 0 Å². The van der Waals surface area contributed by atoms with Crippen LogP contribution in [0, 0.1) is 12.8 Å². The minimum absolute atomic E-state index is 0.0239. The van der Waals surface area contributed by atoms with Gasteiger partial charge in [0.1, 0.15) is 12.4 Å². The van der Waals surface area contributed by atoms with Crippen molar-refractivity contribution in [3.8, 4) is 5.75 Å². The summed E-state index contributed by atoms with van der Waals surface area (Å²) in [5.41, 5.74) is 1.67. The number of hydrogen-bond donors (Lipinski definition) is 2. The van der Waals surface area contributed by atoms with Crippen LogP contribution in [-0.2, 0) is 11.5 Å². The molecule has 0 radical (unpaired) electrons. The lowest BCUT2D eigenvalue weighted by Crippen LogP contribution is -2.01. The molecule has 5 heteroatoms. The predicted molar refractivity (Wildman–Crippen MR) is 65.4 cm³/mol. The zero-order valence-corrected chi connectivity index (χ0v) is 10.3. The number of hydrogen-bond acceptors (Lipinski definition) is 5. The van der Waals surface area contributed by atoms with E-state index in [1.54, 1.807) is 19.3 Å². The molecule has 17 heavy (non-hydrogen) atoms. The highest BCUT2D eigenvalue weighted by Gasteiger charge is 2.10. The molecule has 0 spiro atoms. The molecule has 0 aliphatic rings. The minimum Gasteiger partial charge on any atom is -0.505 e. The van der Waals surface area contributed by atoms with E-state index in [-0.39, 0.29) is 12.4 Å². The Hall–Kier alpha value is -1.46. The Kier molecular flexibility index (Phi) is 5.06. The van der Waals surface area contributed by atoms with Gasteiger partial charge in [0.25, 0.3) is 0 Å².